The predicted octanol–water partition coefficient (Wildman–Crippen LogP) is 1.53. The molecular weight excluding hydrogens is 140 g/mol. The fraction of sp³-hybridized carbons (Fsp3) is 0. The minimum Gasteiger partial charge on any atom is -0.506 e. The van der Waals surface area contributed by atoms with Gasteiger partial charge in [-0.25, -0.2) is 0 Å². The molecule has 0 bridgehead atoms. The molecule has 0 aliphatic heterocycles. The molecule has 0 aliphatic rings. The second-order valence-electron chi connectivity index (χ2n) is 2.12. The van der Waals surface area contributed by atoms with Crippen molar-refractivity contribution in [3.63, 3.8) is 0 Å². The van der Waals surface area contributed by atoms with E-state index in [1.165, 1.54) is 12.3 Å². The van der Waals surface area contributed by atoms with Crippen LogP contribution in [0.15, 0.2) is 31.0 Å². The zero-order chi connectivity index (χ0) is 8.27. The Morgan fingerprint density at radius 3 is 2.82 bits per heavy atom. The lowest BCUT2D eigenvalue weighted by Gasteiger charge is -2.02. The maximum Gasteiger partial charge on any atom is 0.140 e. The molecule has 0 unspecified atom stereocenters. The Bertz CT molecular complexity index is 271. The van der Waals surface area contributed by atoms with E-state index >= 15 is 0 Å². The van der Waals surface area contributed by atoms with Crippen LogP contribution in [0, 0.1) is 0 Å². The minimum absolute atomic E-state index is 0.0804. The molecule has 0 amide bonds. The van der Waals surface area contributed by atoms with E-state index in [4.69, 9.17) is 10.8 Å². The van der Waals surface area contributed by atoms with Gasteiger partial charge in [0.05, 0.1) is 5.69 Å². The van der Waals surface area contributed by atoms with Crippen LogP contribution in [-0.2, 0) is 0 Å². The second-order valence-corrected chi connectivity index (χ2v) is 2.12. The Hall–Kier alpha value is -1.64. The number of phenolic OH excluding ortho intramolecular Hbond substituents is 1. The molecule has 0 radical (unpaired) electrons. The van der Waals surface area contributed by atoms with Gasteiger partial charge in [0.15, 0.2) is 0 Å². The Morgan fingerprint density at radius 2 is 2.27 bits per heavy atom. The summed E-state index contributed by atoms with van der Waals surface area (Å²) in [6.07, 6.45) is 1.53. The van der Waals surface area contributed by atoms with E-state index in [-0.39, 0.29) is 5.75 Å². The van der Waals surface area contributed by atoms with Crippen molar-refractivity contribution in [2.75, 3.05) is 11.1 Å². The summed E-state index contributed by atoms with van der Waals surface area (Å²) in [5.41, 5.74) is 6.53. The van der Waals surface area contributed by atoms with Crippen molar-refractivity contribution in [3.05, 3.63) is 31.0 Å². The summed E-state index contributed by atoms with van der Waals surface area (Å²) in [5.74, 6) is 0.0804. The van der Waals surface area contributed by atoms with E-state index < -0.39 is 0 Å². The molecule has 0 aliphatic carbocycles. The van der Waals surface area contributed by atoms with Crippen molar-refractivity contribution >= 4 is 11.4 Å². The smallest absolute Gasteiger partial charge is 0.140 e. The van der Waals surface area contributed by atoms with Gasteiger partial charge < -0.3 is 16.2 Å². The van der Waals surface area contributed by atoms with E-state index in [2.05, 4.69) is 11.9 Å². The second kappa shape index (κ2) is 2.96. The average molecular weight is 150 g/mol. The number of nitrogen functional groups attached to an aromatic ring is 1. The third-order valence-electron chi connectivity index (χ3n) is 1.30. The molecule has 58 valence electrons. The molecule has 0 saturated carbocycles. The van der Waals surface area contributed by atoms with Gasteiger partial charge in [0.2, 0.25) is 0 Å². The number of hydrogen-bond donors (Lipinski definition) is 3. The highest BCUT2D eigenvalue weighted by Gasteiger charge is 1.95. The predicted molar refractivity (Wildman–Crippen MR) is 46.3 cm³/mol. The maximum atomic E-state index is 9.13. The number of hydrogen-bond acceptors (Lipinski definition) is 3. The number of nitrogens with two attached hydrogens (primary N) is 1. The van der Waals surface area contributed by atoms with E-state index in [0.29, 0.717) is 5.69 Å². The number of aromatic hydroxyl groups is 1. The Balaban J connectivity index is 2.95. The summed E-state index contributed by atoms with van der Waals surface area (Å²) in [5, 5.41) is 12.0. The normalized spacial score (nSPS) is 9.09. The molecule has 4 N–H and O–H groups in total. The van der Waals surface area contributed by atoms with Gasteiger partial charge in [-0.3, -0.25) is 0 Å². The molecule has 3 nitrogen and oxygen atoms in total. The van der Waals surface area contributed by atoms with Crippen molar-refractivity contribution in [2.24, 2.45) is 0 Å². The largest absolute Gasteiger partial charge is 0.506 e. The number of nitrogens with one attached hydrogen (secondary N) is 1. The van der Waals surface area contributed by atoms with Gasteiger partial charge in [-0.05, 0) is 18.3 Å². The third-order valence-corrected chi connectivity index (χ3v) is 1.30. The summed E-state index contributed by atoms with van der Waals surface area (Å²) >= 11 is 0. The summed E-state index contributed by atoms with van der Waals surface area (Å²) in [6, 6.07) is 4.93. The monoisotopic (exact) mass is 150 g/mol. The summed E-state index contributed by atoms with van der Waals surface area (Å²) < 4.78 is 0. The van der Waals surface area contributed by atoms with Crippen LogP contribution in [0.3, 0.4) is 0 Å². The number of rotatable bonds is 2. The standard InChI is InChI=1S/C8H10N2O/c1-2-10-6-3-4-7(9)8(11)5-6/h2-5,10-11H,1,9H2. The van der Waals surface area contributed by atoms with Crippen LogP contribution in [-0.4, -0.2) is 5.11 Å². The van der Waals surface area contributed by atoms with E-state index in [0.717, 1.165) is 5.69 Å². The lowest BCUT2D eigenvalue weighted by atomic mass is 10.2. The molecule has 1 aromatic rings. The van der Waals surface area contributed by atoms with Gasteiger partial charge in [-0.15, -0.1) is 0 Å². The molecule has 0 spiro atoms. The first-order valence-electron chi connectivity index (χ1n) is 3.20. The summed E-state index contributed by atoms with van der Waals surface area (Å²) in [6.45, 7) is 3.48. The fourth-order valence-electron chi connectivity index (χ4n) is 0.751. The Morgan fingerprint density at radius 1 is 1.55 bits per heavy atom. The highest BCUT2D eigenvalue weighted by atomic mass is 16.3. The van der Waals surface area contributed by atoms with Crippen molar-refractivity contribution < 1.29 is 5.11 Å². The molecule has 11 heavy (non-hydrogen) atoms. The van der Waals surface area contributed by atoms with Gasteiger partial charge in [-0.2, -0.15) is 0 Å². The van der Waals surface area contributed by atoms with Crippen LogP contribution < -0.4 is 11.1 Å². The van der Waals surface area contributed by atoms with Crippen LogP contribution in [0.1, 0.15) is 0 Å². The van der Waals surface area contributed by atoms with Crippen molar-refractivity contribution in [1.82, 2.24) is 0 Å². The molecule has 1 rings (SSSR count). The molecule has 1 aromatic carbocycles. The van der Waals surface area contributed by atoms with Crippen molar-refractivity contribution in [1.29, 1.82) is 0 Å². The van der Waals surface area contributed by atoms with Crippen LogP contribution in [0.25, 0.3) is 0 Å². The van der Waals surface area contributed by atoms with E-state index in [1.807, 2.05) is 0 Å². The van der Waals surface area contributed by atoms with Crippen LogP contribution in [0.2, 0.25) is 0 Å². The van der Waals surface area contributed by atoms with Crippen molar-refractivity contribution in [3.8, 4) is 5.75 Å². The maximum absolute atomic E-state index is 9.13. The lowest BCUT2D eigenvalue weighted by Crippen LogP contribution is -1.88. The molecular formula is C8H10N2O. The zero-order valence-corrected chi connectivity index (χ0v) is 6.04. The summed E-state index contributed by atoms with van der Waals surface area (Å²) in [7, 11) is 0. The van der Waals surface area contributed by atoms with Gasteiger partial charge >= 0.3 is 0 Å². The molecule has 0 atom stereocenters. The zero-order valence-electron chi connectivity index (χ0n) is 6.04. The number of benzene rings is 1. The van der Waals surface area contributed by atoms with Gasteiger partial charge in [0.25, 0.3) is 0 Å². The van der Waals surface area contributed by atoms with Gasteiger partial charge in [0, 0.05) is 11.8 Å². The summed E-state index contributed by atoms with van der Waals surface area (Å²) in [4.78, 5) is 0. The van der Waals surface area contributed by atoms with Gasteiger partial charge in [0.1, 0.15) is 5.75 Å². The SMILES string of the molecule is C=CNc1ccc(N)c(O)c1. The fourth-order valence-corrected chi connectivity index (χ4v) is 0.751. The quantitative estimate of drug-likeness (QED) is 0.442. The third kappa shape index (κ3) is 1.64. The lowest BCUT2D eigenvalue weighted by molar-refractivity contribution is 0.478. The number of phenols is 1. The first kappa shape index (κ1) is 7.47. The average Bonchev–Trinajstić information content (AvgIpc) is 1.98. The molecule has 0 heterocycles. The van der Waals surface area contributed by atoms with Gasteiger partial charge in [-0.1, -0.05) is 6.58 Å². The topological polar surface area (TPSA) is 58.3 Å². The van der Waals surface area contributed by atoms with E-state index in [9.17, 15) is 0 Å². The molecule has 0 aromatic heterocycles. The van der Waals surface area contributed by atoms with Crippen LogP contribution in [0.5, 0.6) is 5.75 Å². The highest BCUT2D eigenvalue weighted by molar-refractivity contribution is 5.61. The van der Waals surface area contributed by atoms with Crippen molar-refractivity contribution in [2.45, 2.75) is 0 Å². The molecule has 0 fully saturated rings. The Kier molecular flexibility index (Phi) is 2.01. The van der Waals surface area contributed by atoms with E-state index in [1.54, 1.807) is 12.1 Å². The first-order chi connectivity index (χ1) is 5.24. The van der Waals surface area contributed by atoms with Crippen LogP contribution in [0.4, 0.5) is 11.4 Å². The van der Waals surface area contributed by atoms with Crippen LogP contribution >= 0.6 is 0 Å². The minimum atomic E-state index is 0.0804. The first-order valence-corrected chi connectivity index (χ1v) is 3.20. The molecule has 0 saturated heterocycles. The highest BCUT2D eigenvalue weighted by Crippen LogP contribution is 2.23. The molecule has 3 heteroatoms. The Labute approximate surface area is 65.2 Å². The number of anilines is 2.